The first-order chi connectivity index (χ1) is 30.7. The first-order valence-electron chi connectivity index (χ1n) is 24.3. The molecule has 5 aliphatic carbocycles. The van der Waals surface area contributed by atoms with Crippen molar-refractivity contribution in [2.45, 2.75) is 218 Å². The molecule has 7 fully saturated rings. The van der Waals surface area contributed by atoms with Crippen LogP contribution in [0.3, 0.4) is 0 Å². The fourth-order valence-electron chi connectivity index (χ4n) is 15.1. The molecule has 0 aromatic heterocycles. The third-order valence-corrected chi connectivity index (χ3v) is 19.5. The fourth-order valence-corrected chi connectivity index (χ4v) is 15.1. The highest BCUT2D eigenvalue weighted by Gasteiger charge is 2.70. The lowest BCUT2D eigenvalue weighted by Gasteiger charge is -2.72. The van der Waals surface area contributed by atoms with Gasteiger partial charge in [0.1, 0.15) is 61.0 Å². The van der Waals surface area contributed by atoms with Crippen LogP contribution in [0.4, 0.5) is 0 Å². The van der Waals surface area contributed by atoms with Gasteiger partial charge in [-0.15, -0.1) is 0 Å². The molecule has 18 heteroatoms. The van der Waals surface area contributed by atoms with Gasteiger partial charge in [0.25, 0.3) is 0 Å². The SMILES string of the molecule is CC1O[C@@H](OC2C(O)[C@H](O)C(C(=O)O)O[C@H]2OC2CCC3(C)C(CCC4(C)C3CC=C3C5CC(C)(C)CC(O)C5(C)CCC34C)C2(C)CO)C(O[C@@H]2OC(CO)[C@H](O)C(O)[C@@H]2O)[C@@H](O)[C@H]1O. The predicted molar refractivity (Wildman–Crippen MR) is 231 cm³/mol. The van der Waals surface area contributed by atoms with Gasteiger partial charge in [0.2, 0.25) is 0 Å². The number of hydrogen-bond acceptors (Lipinski definition) is 17. The summed E-state index contributed by atoms with van der Waals surface area (Å²) in [5.74, 6) is -1.12. The molecule has 0 bridgehead atoms. The van der Waals surface area contributed by atoms with E-state index in [1.807, 2.05) is 6.92 Å². The van der Waals surface area contributed by atoms with Crippen LogP contribution in [0.1, 0.15) is 113 Å². The van der Waals surface area contributed by atoms with Gasteiger partial charge in [0.05, 0.1) is 31.5 Å². The van der Waals surface area contributed by atoms with Gasteiger partial charge in [0.15, 0.2) is 25.0 Å². The van der Waals surface area contributed by atoms with Crippen LogP contribution < -0.4 is 0 Å². The highest BCUT2D eigenvalue weighted by molar-refractivity contribution is 5.73. The van der Waals surface area contributed by atoms with Gasteiger partial charge in [0, 0.05) is 10.8 Å². The molecule has 11 N–H and O–H groups in total. The average Bonchev–Trinajstić information content (AvgIpc) is 3.25. The maximum atomic E-state index is 12.5. The molecule has 3 heterocycles. The van der Waals surface area contributed by atoms with Crippen LogP contribution in [0.25, 0.3) is 0 Å². The van der Waals surface area contributed by atoms with Gasteiger partial charge in [-0.25, -0.2) is 4.79 Å². The number of hydrogen-bond donors (Lipinski definition) is 11. The minimum atomic E-state index is -2.05. The average molecular weight is 943 g/mol. The molecular formula is C48H78O18. The van der Waals surface area contributed by atoms with Crippen molar-refractivity contribution in [1.82, 2.24) is 0 Å². The largest absolute Gasteiger partial charge is 0.479 e. The number of aliphatic hydroxyl groups excluding tert-OH is 10. The zero-order valence-corrected chi connectivity index (χ0v) is 39.7. The zero-order chi connectivity index (χ0) is 48.4. The molecule has 0 spiro atoms. The lowest BCUT2D eigenvalue weighted by Crippen LogP contribution is -2.68. The zero-order valence-electron chi connectivity index (χ0n) is 39.7. The monoisotopic (exact) mass is 943 g/mol. The number of carboxylic acids is 1. The smallest absolute Gasteiger partial charge is 0.335 e. The molecule has 8 aliphatic rings. The molecule has 0 aromatic carbocycles. The molecule has 18 nitrogen and oxygen atoms in total. The van der Waals surface area contributed by atoms with E-state index in [1.54, 1.807) is 0 Å². The Morgan fingerprint density at radius 2 is 1.30 bits per heavy atom. The summed E-state index contributed by atoms with van der Waals surface area (Å²) >= 11 is 0. The summed E-state index contributed by atoms with van der Waals surface area (Å²) in [4.78, 5) is 12.5. The number of aliphatic hydroxyl groups is 10. The summed E-state index contributed by atoms with van der Waals surface area (Å²) < 4.78 is 36.2. The standard InChI is InChI=1S/C48H78O18/c1-21-29(52)32(55)37(65-40-35(58)31(54)30(53)24(19-49)62-40)41(61-21)66-38-34(57)33(56)36(39(59)60)64-42(38)63-28-12-13-45(5)25(46(28,6)20-50)11-14-48(8)26(45)10-9-22-23-17-43(2,3)18-27(51)44(23,4)15-16-47(22,48)7/h9,21,23-38,40-42,49-58H,10-20H2,1-8H3,(H,59,60)/t21?,23?,24?,25?,26?,27?,28?,29-,30-,31?,32-,33-,34?,35-,36?,37?,38?,40-,41-,42+,44?,45?,46?,47?,48?/m0/s1. The maximum absolute atomic E-state index is 12.5. The Bertz CT molecular complexity index is 1810. The van der Waals surface area contributed by atoms with E-state index in [4.69, 9.17) is 28.4 Å². The minimum Gasteiger partial charge on any atom is -0.479 e. The Morgan fingerprint density at radius 1 is 0.667 bits per heavy atom. The summed E-state index contributed by atoms with van der Waals surface area (Å²) in [5.41, 5.74) is -0.0138. The van der Waals surface area contributed by atoms with E-state index in [2.05, 4.69) is 47.6 Å². The van der Waals surface area contributed by atoms with E-state index in [1.165, 1.54) is 12.5 Å². The summed E-state index contributed by atoms with van der Waals surface area (Å²) in [6, 6.07) is 0. The molecule has 0 radical (unpaired) electrons. The van der Waals surface area contributed by atoms with Crippen molar-refractivity contribution in [3.63, 3.8) is 0 Å². The Hall–Kier alpha value is -1.43. The summed E-state index contributed by atoms with van der Waals surface area (Å²) in [7, 11) is 0. The topological polar surface area (TPSA) is 295 Å². The first-order valence-corrected chi connectivity index (χ1v) is 24.3. The van der Waals surface area contributed by atoms with Crippen LogP contribution in [0.2, 0.25) is 0 Å². The highest BCUT2D eigenvalue weighted by atomic mass is 16.8. The van der Waals surface area contributed by atoms with Crippen molar-refractivity contribution in [1.29, 1.82) is 0 Å². The van der Waals surface area contributed by atoms with Crippen molar-refractivity contribution in [3.8, 4) is 0 Å². The Balaban J connectivity index is 1.07. The summed E-state index contributed by atoms with van der Waals surface area (Å²) in [6.45, 7) is 16.4. The van der Waals surface area contributed by atoms with E-state index in [-0.39, 0.29) is 57.5 Å². The van der Waals surface area contributed by atoms with Gasteiger partial charge in [-0.1, -0.05) is 60.1 Å². The molecular weight excluding hydrogens is 865 g/mol. The van der Waals surface area contributed by atoms with Crippen LogP contribution in [-0.4, -0.2) is 180 Å². The molecule has 3 saturated heterocycles. The Kier molecular flexibility index (Phi) is 13.7. The number of rotatable bonds is 9. The second-order valence-electron chi connectivity index (χ2n) is 23.6. The number of ether oxygens (including phenoxy) is 6. The fraction of sp³-hybridized carbons (Fsp3) is 0.938. The molecule has 66 heavy (non-hydrogen) atoms. The van der Waals surface area contributed by atoms with Crippen molar-refractivity contribution >= 4 is 5.97 Å². The third-order valence-electron chi connectivity index (χ3n) is 19.5. The number of allylic oxidation sites excluding steroid dienone is 2. The molecule has 25 atom stereocenters. The molecule has 0 amide bonds. The van der Waals surface area contributed by atoms with Crippen LogP contribution in [0, 0.1) is 50.2 Å². The quantitative estimate of drug-likeness (QED) is 0.112. The Labute approximate surface area is 387 Å². The first kappa shape index (κ1) is 50.9. The second-order valence-corrected chi connectivity index (χ2v) is 23.6. The second kappa shape index (κ2) is 17.7. The predicted octanol–water partition coefficient (Wildman–Crippen LogP) is 0.705. The van der Waals surface area contributed by atoms with Crippen LogP contribution in [-0.2, 0) is 33.2 Å². The van der Waals surface area contributed by atoms with E-state index in [9.17, 15) is 61.0 Å². The van der Waals surface area contributed by atoms with Gasteiger partial charge >= 0.3 is 5.97 Å². The lowest BCUT2D eigenvalue weighted by molar-refractivity contribution is -0.395. The maximum Gasteiger partial charge on any atom is 0.335 e. The molecule has 17 unspecified atom stereocenters. The highest BCUT2D eigenvalue weighted by Crippen LogP contribution is 2.76. The van der Waals surface area contributed by atoms with E-state index < -0.39 is 116 Å². The van der Waals surface area contributed by atoms with Crippen molar-refractivity contribution in [2.24, 2.45) is 50.2 Å². The number of fused-ring (bicyclic) bond motifs is 7. The van der Waals surface area contributed by atoms with Gasteiger partial charge < -0.3 is 84.6 Å². The Morgan fingerprint density at radius 3 is 1.94 bits per heavy atom. The number of carboxylic acid groups (broad SMARTS) is 1. The number of carbonyl (C=O) groups is 1. The third kappa shape index (κ3) is 7.78. The lowest BCUT2D eigenvalue weighted by atomic mass is 9.33. The van der Waals surface area contributed by atoms with Crippen molar-refractivity contribution < 1.29 is 89.4 Å². The van der Waals surface area contributed by atoms with Crippen molar-refractivity contribution in [3.05, 3.63) is 11.6 Å². The van der Waals surface area contributed by atoms with E-state index in [0.717, 1.165) is 44.9 Å². The summed E-state index contributed by atoms with van der Waals surface area (Å²) in [6.07, 6.45) is -17.4. The number of aliphatic carboxylic acids is 1. The van der Waals surface area contributed by atoms with Gasteiger partial charge in [-0.3, -0.25) is 0 Å². The van der Waals surface area contributed by atoms with Crippen LogP contribution >= 0.6 is 0 Å². The minimum absolute atomic E-state index is 0.0191. The van der Waals surface area contributed by atoms with Gasteiger partial charge in [-0.2, -0.15) is 0 Å². The molecule has 3 aliphatic heterocycles. The van der Waals surface area contributed by atoms with E-state index in [0.29, 0.717) is 12.8 Å². The van der Waals surface area contributed by atoms with Crippen molar-refractivity contribution in [2.75, 3.05) is 13.2 Å². The van der Waals surface area contributed by atoms with Crippen LogP contribution in [0.15, 0.2) is 11.6 Å². The van der Waals surface area contributed by atoms with Crippen LogP contribution in [0.5, 0.6) is 0 Å². The van der Waals surface area contributed by atoms with Gasteiger partial charge in [-0.05, 0) is 104 Å². The summed E-state index contributed by atoms with van der Waals surface area (Å²) in [5, 5.41) is 119. The molecule has 4 saturated carbocycles. The van der Waals surface area contributed by atoms with E-state index >= 15 is 0 Å². The molecule has 0 aromatic rings. The molecule has 378 valence electrons. The normalized spacial score (nSPS) is 55.9. The molecule has 8 rings (SSSR count).